The summed E-state index contributed by atoms with van der Waals surface area (Å²) in [5.41, 5.74) is -0.328. The fraction of sp³-hybridized carbons (Fsp3) is 0.667. The topological polar surface area (TPSA) is 52.6 Å². The van der Waals surface area contributed by atoms with Crippen LogP contribution in [0.5, 0.6) is 0 Å². The Morgan fingerprint density at radius 2 is 1.76 bits per heavy atom. The highest BCUT2D eigenvalue weighted by Gasteiger charge is 2.30. The molecule has 1 aromatic rings. The zero-order valence-electron chi connectivity index (χ0n) is 15.4. The molecule has 1 amide bonds. The van der Waals surface area contributed by atoms with Gasteiger partial charge in [-0.2, -0.15) is 0 Å². The van der Waals surface area contributed by atoms with Crippen molar-refractivity contribution in [3.8, 4) is 0 Å². The number of piperidine rings is 1. The Kier molecular flexibility index (Phi) is 6.13. The first-order valence-corrected chi connectivity index (χ1v) is 9.86. The number of benzene rings is 1. The number of carbonyl (C=O) groups is 1. The minimum absolute atomic E-state index is 0.0510. The first-order chi connectivity index (χ1) is 12.0. The van der Waals surface area contributed by atoms with E-state index in [1.807, 2.05) is 30.3 Å². The molecule has 0 aromatic heterocycles. The van der Waals surface area contributed by atoms with Gasteiger partial charge in [-0.05, 0) is 38.2 Å². The highest BCUT2D eigenvalue weighted by atomic mass is 16.3. The van der Waals surface area contributed by atoms with Crippen LogP contribution < -0.4 is 5.32 Å². The van der Waals surface area contributed by atoms with Crippen molar-refractivity contribution in [1.82, 2.24) is 10.2 Å². The van der Waals surface area contributed by atoms with E-state index in [0.29, 0.717) is 0 Å². The maximum atomic E-state index is 12.4. The van der Waals surface area contributed by atoms with Crippen LogP contribution in [0.2, 0.25) is 0 Å². The Morgan fingerprint density at radius 1 is 1.12 bits per heavy atom. The van der Waals surface area contributed by atoms with E-state index in [0.717, 1.165) is 37.5 Å². The third-order valence-electron chi connectivity index (χ3n) is 5.89. The summed E-state index contributed by atoms with van der Waals surface area (Å²) in [5, 5.41) is 13.8. The number of nitrogens with zero attached hydrogens (tertiary/aromatic N) is 1. The van der Waals surface area contributed by atoms with Crippen LogP contribution in [0.15, 0.2) is 30.3 Å². The summed E-state index contributed by atoms with van der Waals surface area (Å²) >= 11 is 0. The third-order valence-corrected chi connectivity index (χ3v) is 5.89. The van der Waals surface area contributed by atoms with Gasteiger partial charge >= 0.3 is 0 Å². The van der Waals surface area contributed by atoms with Crippen LogP contribution in [0.25, 0.3) is 0 Å². The SMILES string of the molecule is CC(O)(CC(=O)NC1CCN(C2CCCCC2)CC1)c1ccccc1. The lowest BCUT2D eigenvalue weighted by Gasteiger charge is -2.39. The van der Waals surface area contributed by atoms with Crippen molar-refractivity contribution in [2.45, 2.75) is 76.0 Å². The summed E-state index contributed by atoms with van der Waals surface area (Å²) in [5.74, 6) is -0.0510. The van der Waals surface area contributed by atoms with E-state index in [2.05, 4.69) is 10.2 Å². The Balaban J connectivity index is 1.44. The van der Waals surface area contributed by atoms with Gasteiger partial charge in [0.15, 0.2) is 0 Å². The average Bonchev–Trinajstić information content (AvgIpc) is 2.63. The summed E-state index contributed by atoms with van der Waals surface area (Å²) < 4.78 is 0. The first-order valence-electron chi connectivity index (χ1n) is 9.86. The molecule has 1 aliphatic heterocycles. The molecule has 138 valence electrons. The lowest BCUT2D eigenvalue weighted by Crippen LogP contribution is -2.49. The molecule has 2 N–H and O–H groups in total. The molecule has 1 saturated carbocycles. The van der Waals surface area contributed by atoms with Crippen LogP contribution in [0.4, 0.5) is 0 Å². The molecule has 2 fully saturated rings. The van der Waals surface area contributed by atoms with E-state index < -0.39 is 5.60 Å². The van der Waals surface area contributed by atoms with Gasteiger partial charge in [-0.15, -0.1) is 0 Å². The van der Waals surface area contributed by atoms with Gasteiger partial charge in [-0.3, -0.25) is 4.79 Å². The number of amides is 1. The lowest BCUT2D eigenvalue weighted by atomic mass is 9.91. The Hall–Kier alpha value is -1.39. The molecule has 4 heteroatoms. The van der Waals surface area contributed by atoms with E-state index in [9.17, 15) is 9.90 Å². The van der Waals surface area contributed by atoms with Crippen LogP contribution >= 0.6 is 0 Å². The van der Waals surface area contributed by atoms with Gasteiger partial charge in [0.1, 0.15) is 0 Å². The van der Waals surface area contributed by atoms with Crippen molar-refractivity contribution in [3.63, 3.8) is 0 Å². The van der Waals surface area contributed by atoms with Crippen molar-refractivity contribution in [2.24, 2.45) is 0 Å². The van der Waals surface area contributed by atoms with Crippen molar-refractivity contribution in [1.29, 1.82) is 0 Å². The molecule has 4 nitrogen and oxygen atoms in total. The van der Waals surface area contributed by atoms with Crippen molar-refractivity contribution in [2.75, 3.05) is 13.1 Å². The highest BCUT2D eigenvalue weighted by Crippen LogP contribution is 2.26. The van der Waals surface area contributed by atoms with Gasteiger partial charge in [0, 0.05) is 25.2 Å². The molecule has 3 rings (SSSR count). The zero-order chi connectivity index (χ0) is 17.7. The predicted octanol–water partition coefficient (Wildman–Crippen LogP) is 3.20. The summed E-state index contributed by atoms with van der Waals surface area (Å²) in [4.78, 5) is 15.0. The molecule has 0 spiro atoms. The Labute approximate surface area is 151 Å². The molecule has 1 unspecified atom stereocenters. The lowest BCUT2D eigenvalue weighted by molar-refractivity contribution is -0.126. The Morgan fingerprint density at radius 3 is 2.40 bits per heavy atom. The number of likely N-dealkylation sites (tertiary alicyclic amines) is 1. The fourth-order valence-electron chi connectivity index (χ4n) is 4.35. The third kappa shape index (κ3) is 5.05. The van der Waals surface area contributed by atoms with Gasteiger partial charge in [0.25, 0.3) is 0 Å². The molecule has 1 aromatic carbocycles. The first kappa shape index (κ1) is 18.4. The zero-order valence-corrected chi connectivity index (χ0v) is 15.4. The van der Waals surface area contributed by atoms with E-state index in [1.54, 1.807) is 6.92 Å². The molecule has 0 bridgehead atoms. The molecule has 1 heterocycles. The fourth-order valence-corrected chi connectivity index (χ4v) is 4.35. The van der Waals surface area contributed by atoms with E-state index >= 15 is 0 Å². The van der Waals surface area contributed by atoms with Crippen LogP contribution in [0.1, 0.15) is 63.9 Å². The average molecular weight is 344 g/mol. The van der Waals surface area contributed by atoms with Crippen molar-refractivity contribution >= 4 is 5.91 Å². The number of carbonyl (C=O) groups excluding carboxylic acids is 1. The predicted molar refractivity (Wildman–Crippen MR) is 100 cm³/mol. The maximum Gasteiger partial charge on any atom is 0.223 e. The van der Waals surface area contributed by atoms with Crippen molar-refractivity contribution < 1.29 is 9.90 Å². The molecule has 25 heavy (non-hydrogen) atoms. The van der Waals surface area contributed by atoms with Crippen LogP contribution in [0.3, 0.4) is 0 Å². The normalized spacial score (nSPS) is 23.1. The van der Waals surface area contributed by atoms with Gasteiger partial charge in [0.2, 0.25) is 5.91 Å². The number of hydrogen-bond donors (Lipinski definition) is 2. The molecule has 0 radical (unpaired) electrons. The number of nitrogens with one attached hydrogen (secondary N) is 1. The Bertz CT molecular complexity index is 544. The second-order valence-corrected chi connectivity index (χ2v) is 7.99. The number of aliphatic hydroxyl groups is 1. The summed E-state index contributed by atoms with van der Waals surface area (Å²) in [7, 11) is 0. The van der Waals surface area contributed by atoms with Gasteiger partial charge in [0.05, 0.1) is 12.0 Å². The van der Waals surface area contributed by atoms with Crippen molar-refractivity contribution in [3.05, 3.63) is 35.9 Å². The summed E-state index contributed by atoms with van der Waals surface area (Å²) in [6, 6.07) is 10.5. The largest absolute Gasteiger partial charge is 0.385 e. The van der Waals surface area contributed by atoms with E-state index in [4.69, 9.17) is 0 Å². The maximum absolute atomic E-state index is 12.4. The second-order valence-electron chi connectivity index (χ2n) is 7.99. The highest BCUT2D eigenvalue weighted by molar-refractivity contribution is 5.77. The molecule has 1 saturated heterocycles. The quantitative estimate of drug-likeness (QED) is 0.862. The molecular weight excluding hydrogens is 312 g/mol. The number of hydrogen-bond acceptors (Lipinski definition) is 3. The van der Waals surface area contributed by atoms with Crippen LogP contribution in [-0.4, -0.2) is 41.1 Å². The summed E-state index contributed by atoms with van der Waals surface area (Å²) in [6.45, 7) is 3.89. The smallest absolute Gasteiger partial charge is 0.223 e. The molecule has 1 atom stereocenters. The standard InChI is InChI=1S/C21H32N2O2/c1-21(25,17-8-4-2-5-9-17)16-20(24)22-18-12-14-23(15-13-18)19-10-6-3-7-11-19/h2,4-5,8-9,18-19,25H,3,6-7,10-16H2,1H3,(H,22,24). The second kappa shape index (κ2) is 8.33. The minimum Gasteiger partial charge on any atom is -0.385 e. The van der Waals surface area contributed by atoms with E-state index in [1.165, 1.54) is 32.1 Å². The molecule has 1 aliphatic carbocycles. The van der Waals surface area contributed by atoms with Crippen LogP contribution in [0, 0.1) is 0 Å². The van der Waals surface area contributed by atoms with Gasteiger partial charge in [-0.25, -0.2) is 0 Å². The minimum atomic E-state index is -1.12. The van der Waals surface area contributed by atoms with Gasteiger partial charge in [-0.1, -0.05) is 49.6 Å². The molecule has 2 aliphatic rings. The monoisotopic (exact) mass is 344 g/mol. The van der Waals surface area contributed by atoms with Crippen LogP contribution in [-0.2, 0) is 10.4 Å². The van der Waals surface area contributed by atoms with Gasteiger partial charge < -0.3 is 15.3 Å². The number of rotatable bonds is 5. The summed E-state index contributed by atoms with van der Waals surface area (Å²) in [6.07, 6.45) is 8.98. The van der Waals surface area contributed by atoms with E-state index in [-0.39, 0.29) is 18.4 Å². The molecular formula is C21H32N2O2.